The van der Waals surface area contributed by atoms with Crippen LogP contribution in [0.4, 0.5) is 5.13 Å². The van der Waals surface area contributed by atoms with Crippen molar-refractivity contribution in [3.63, 3.8) is 0 Å². The quantitative estimate of drug-likeness (QED) is 0.247. The smallest absolute Gasteiger partial charge is 0.301 e. The van der Waals surface area contributed by atoms with Gasteiger partial charge in [-0.15, -0.1) is 11.3 Å². The van der Waals surface area contributed by atoms with Crippen LogP contribution in [-0.2, 0) is 9.59 Å². The number of hydrogen-bond acceptors (Lipinski definition) is 8. The Balaban J connectivity index is 1.66. The summed E-state index contributed by atoms with van der Waals surface area (Å²) in [5.74, 6) is -0.324. The van der Waals surface area contributed by atoms with Crippen molar-refractivity contribution >= 4 is 33.9 Å². The van der Waals surface area contributed by atoms with Crippen molar-refractivity contribution in [3.8, 4) is 17.2 Å². The first-order chi connectivity index (χ1) is 16.6. The predicted octanol–water partition coefficient (Wildman–Crippen LogP) is 4.11. The highest BCUT2D eigenvalue weighted by Gasteiger charge is 2.48. The highest BCUT2D eigenvalue weighted by molar-refractivity contribution is 7.14. The second-order valence-electron chi connectivity index (χ2n) is 7.51. The fourth-order valence-electron chi connectivity index (χ4n) is 3.96. The number of aliphatic hydroxyl groups is 1. The van der Waals surface area contributed by atoms with E-state index >= 15 is 0 Å². The standard InChI is InChI=1S/C25H20N2O6S/c1-2-9-31-17-5-3-4-15(13-17)21-20(23(29)24(30)27(21)25-26-8-12-34-25)22(28)16-6-7-18-19(14-16)33-11-10-32-18/h2-8,12-14,21,28H,1,9-11H2/t21-/m1/s1. The second-order valence-corrected chi connectivity index (χ2v) is 8.39. The number of rotatable bonds is 6. The molecule has 8 nitrogen and oxygen atoms in total. The van der Waals surface area contributed by atoms with Gasteiger partial charge >= 0.3 is 5.91 Å². The van der Waals surface area contributed by atoms with Gasteiger partial charge in [0.25, 0.3) is 5.78 Å². The number of carbonyl (C=O) groups is 2. The third-order valence-corrected chi connectivity index (χ3v) is 6.20. The molecule has 1 atom stereocenters. The summed E-state index contributed by atoms with van der Waals surface area (Å²) < 4.78 is 16.8. The number of amides is 1. The number of ketones is 1. The van der Waals surface area contributed by atoms with Crippen molar-refractivity contribution < 1.29 is 28.9 Å². The van der Waals surface area contributed by atoms with Crippen LogP contribution in [0, 0.1) is 0 Å². The number of benzene rings is 2. The molecule has 2 aliphatic rings. The fraction of sp³-hybridized carbons (Fsp3) is 0.160. The van der Waals surface area contributed by atoms with E-state index in [1.54, 1.807) is 60.1 Å². The number of thiazole rings is 1. The molecule has 2 aliphatic heterocycles. The minimum Gasteiger partial charge on any atom is -0.507 e. The van der Waals surface area contributed by atoms with Gasteiger partial charge in [0.15, 0.2) is 16.6 Å². The SMILES string of the molecule is C=CCOc1cccc([C@@H]2C(=C(O)c3ccc4c(c3)OCCO4)C(=O)C(=O)N2c2nccs2)c1. The number of aromatic nitrogens is 1. The lowest BCUT2D eigenvalue weighted by atomic mass is 9.95. The molecule has 0 unspecified atom stereocenters. The number of hydrogen-bond donors (Lipinski definition) is 1. The zero-order valence-corrected chi connectivity index (χ0v) is 18.8. The van der Waals surface area contributed by atoms with E-state index in [4.69, 9.17) is 14.2 Å². The average molecular weight is 477 g/mol. The number of nitrogens with zero attached hydrogens (tertiary/aromatic N) is 2. The highest BCUT2D eigenvalue weighted by atomic mass is 32.1. The highest BCUT2D eigenvalue weighted by Crippen LogP contribution is 2.44. The summed E-state index contributed by atoms with van der Waals surface area (Å²) in [4.78, 5) is 31.9. The summed E-state index contributed by atoms with van der Waals surface area (Å²) in [6.07, 6.45) is 3.18. The number of Topliss-reactive ketones (excluding diaryl/α,β-unsaturated/α-hetero) is 1. The van der Waals surface area contributed by atoms with Gasteiger partial charge in [0.2, 0.25) is 0 Å². The van der Waals surface area contributed by atoms with Gasteiger partial charge in [-0.2, -0.15) is 0 Å². The van der Waals surface area contributed by atoms with Gasteiger partial charge < -0.3 is 19.3 Å². The molecule has 5 rings (SSSR count). The van der Waals surface area contributed by atoms with Gasteiger partial charge in [0.1, 0.15) is 31.3 Å². The van der Waals surface area contributed by atoms with Crippen LogP contribution in [0.1, 0.15) is 17.2 Å². The molecule has 2 aromatic carbocycles. The Morgan fingerprint density at radius 1 is 1.21 bits per heavy atom. The Morgan fingerprint density at radius 2 is 2.03 bits per heavy atom. The van der Waals surface area contributed by atoms with Crippen LogP contribution >= 0.6 is 11.3 Å². The van der Waals surface area contributed by atoms with Crippen LogP contribution in [-0.4, -0.2) is 41.6 Å². The van der Waals surface area contributed by atoms with E-state index in [1.165, 1.54) is 16.2 Å². The Kier molecular flexibility index (Phi) is 5.77. The van der Waals surface area contributed by atoms with E-state index in [1.807, 2.05) is 0 Å². The lowest BCUT2D eigenvalue weighted by Crippen LogP contribution is -2.29. The van der Waals surface area contributed by atoms with Crippen molar-refractivity contribution in [2.24, 2.45) is 0 Å². The number of anilines is 1. The van der Waals surface area contributed by atoms with Crippen LogP contribution in [0.3, 0.4) is 0 Å². The molecule has 3 aromatic rings. The monoisotopic (exact) mass is 476 g/mol. The molecule has 0 bridgehead atoms. The maximum absolute atomic E-state index is 13.2. The van der Waals surface area contributed by atoms with Gasteiger partial charge in [-0.1, -0.05) is 24.8 Å². The molecule has 1 fully saturated rings. The van der Waals surface area contributed by atoms with E-state index in [2.05, 4.69) is 11.6 Å². The van der Waals surface area contributed by atoms with Crippen LogP contribution < -0.4 is 19.1 Å². The summed E-state index contributed by atoms with van der Waals surface area (Å²) >= 11 is 1.23. The second kappa shape index (κ2) is 9.03. The van der Waals surface area contributed by atoms with Crippen LogP contribution in [0.15, 0.2) is 72.3 Å². The van der Waals surface area contributed by atoms with E-state index in [0.717, 1.165) is 0 Å². The average Bonchev–Trinajstić information content (AvgIpc) is 3.49. The van der Waals surface area contributed by atoms with E-state index < -0.39 is 17.7 Å². The molecule has 0 saturated carbocycles. The van der Waals surface area contributed by atoms with Crippen LogP contribution in [0.2, 0.25) is 0 Å². The van der Waals surface area contributed by atoms with Gasteiger partial charge in [0.05, 0.1) is 11.6 Å². The normalized spacial score (nSPS) is 18.7. The molecule has 0 aliphatic carbocycles. The van der Waals surface area contributed by atoms with Crippen molar-refractivity contribution in [1.82, 2.24) is 4.98 Å². The molecular weight excluding hydrogens is 456 g/mol. The minimum atomic E-state index is -0.897. The molecule has 3 heterocycles. The summed E-state index contributed by atoms with van der Waals surface area (Å²) in [5, 5.41) is 13.4. The molecule has 1 saturated heterocycles. The zero-order chi connectivity index (χ0) is 23.7. The lowest BCUT2D eigenvalue weighted by Gasteiger charge is -2.23. The first-order valence-electron chi connectivity index (χ1n) is 10.5. The Morgan fingerprint density at radius 3 is 2.79 bits per heavy atom. The summed E-state index contributed by atoms with van der Waals surface area (Å²) in [6.45, 7) is 4.76. The molecule has 1 amide bonds. The number of fused-ring (bicyclic) bond motifs is 1. The third kappa shape index (κ3) is 3.80. The summed E-state index contributed by atoms with van der Waals surface area (Å²) in [5.41, 5.74) is 0.887. The van der Waals surface area contributed by atoms with Gasteiger partial charge in [-0.05, 0) is 35.9 Å². The predicted molar refractivity (Wildman–Crippen MR) is 126 cm³/mol. The van der Waals surface area contributed by atoms with Crippen molar-refractivity contribution in [2.45, 2.75) is 6.04 Å². The minimum absolute atomic E-state index is 0.0438. The van der Waals surface area contributed by atoms with Crippen molar-refractivity contribution in [3.05, 3.63) is 83.4 Å². The molecule has 9 heteroatoms. The molecule has 1 N–H and O–H groups in total. The van der Waals surface area contributed by atoms with E-state index in [9.17, 15) is 14.7 Å². The Bertz CT molecular complexity index is 1300. The van der Waals surface area contributed by atoms with E-state index in [0.29, 0.717) is 53.3 Å². The Hall–Kier alpha value is -4.11. The molecule has 0 spiro atoms. The maximum Gasteiger partial charge on any atom is 0.301 e. The topological polar surface area (TPSA) is 98.2 Å². The van der Waals surface area contributed by atoms with Crippen molar-refractivity contribution in [1.29, 1.82) is 0 Å². The summed E-state index contributed by atoms with van der Waals surface area (Å²) in [7, 11) is 0. The van der Waals surface area contributed by atoms with E-state index in [-0.39, 0.29) is 11.3 Å². The Labute approximate surface area is 199 Å². The number of carbonyl (C=O) groups excluding carboxylic acids is 2. The first-order valence-corrected chi connectivity index (χ1v) is 11.4. The first kappa shape index (κ1) is 21.7. The fourth-order valence-corrected chi connectivity index (χ4v) is 4.62. The van der Waals surface area contributed by atoms with Crippen LogP contribution in [0.25, 0.3) is 5.76 Å². The largest absolute Gasteiger partial charge is 0.507 e. The van der Waals surface area contributed by atoms with Crippen molar-refractivity contribution in [2.75, 3.05) is 24.7 Å². The number of aliphatic hydroxyl groups excluding tert-OH is 1. The van der Waals surface area contributed by atoms with Gasteiger partial charge in [0, 0.05) is 17.1 Å². The zero-order valence-electron chi connectivity index (χ0n) is 18.0. The molecule has 1 aromatic heterocycles. The molecule has 172 valence electrons. The maximum atomic E-state index is 13.2. The third-order valence-electron chi connectivity index (χ3n) is 5.43. The van der Waals surface area contributed by atoms with Gasteiger partial charge in [-0.25, -0.2) is 4.98 Å². The van der Waals surface area contributed by atoms with Gasteiger partial charge in [-0.3, -0.25) is 14.5 Å². The molecule has 34 heavy (non-hydrogen) atoms. The number of ether oxygens (including phenoxy) is 3. The summed E-state index contributed by atoms with van der Waals surface area (Å²) in [6, 6.07) is 11.0. The lowest BCUT2D eigenvalue weighted by molar-refractivity contribution is -0.132. The molecular formula is C25H20N2O6S. The van der Waals surface area contributed by atoms with Crippen LogP contribution in [0.5, 0.6) is 17.2 Å². The molecule has 0 radical (unpaired) electrons.